The molecule has 0 atom stereocenters. The van der Waals surface area contributed by atoms with Crippen LogP contribution in [0.2, 0.25) is 0 Å². The molecule has 20 heavy (non-hydrogen) atoms. The van der Waals surface area contributed by atoms with Gasteiger partial charge in [-0.15, -0.1) is 0 Å². The van der Waals surface area contributed by atoms with E-state index >= 15 is 0 Å². The van der Waals surface area contributed by atoms with Gasteiger partial charge in [-0.3, -0.25) is 0 Å². The van der Waals surface area contributed by atoms with E-state index in [1.54, 1.807) is 0 Å². The fraction of sp³-hybridized carbons (Fsp3) is 0.538. The largest absolute Gasteiger partial charge is 0.301 e. The third kappa shape index (κ3) is 3.16. The van der Waals surface area contributed by atoms with Crippen LogP contribution in [0.4, 0.5) is 8.78 Å². The third-order valence-electron chi connectivity index (χ3n) is 3.40. The molecule has 4 nitrogen and oxygen atoms in total. The Bertz CT molecular complexity index is 570. The van der Waals surface area contributed by atoms with Crippen molar-refractivity contribution in [3.8, 4) is 0 Å². The quantitative estimate of drug-likeness (QED) is 0.850. The minimum atomic E-state index is -3.74. The van der Waals surface area contributed by atoms with E-state index in [0.717, 1.165) is 31.2 Å². The summed E-state index contributed by atoms with van der Waals surface area (Å²) >= 11 is 0. The standard InChI is InChI=1S/C13H18F2N2O2S/c1-2-5-16-6-8-17(9-7-16)20(18,19)11-3-4-12(14)13(15)10-11/h3-4,10H,2,5-9H2,1H3. The monoisotopic (exact) mass is 304 g/mol. The van der Waals surface area contributed by atoms with Gasteiger partial charge in [0.25, 0.3) is 0 Å². The summed E-state index contributed by atoms with van der Waals surface area (Å²) in [5.74, 6) is -2.19. The molecule has 0 N–H and O–H groups in total. The zero-order chi connectivity index (χ0) is 14.8. The van der Waals surface area contributed by atoms with Gasteiger partial charge in [-0.05, 0) is 31.2 Å². The van der Waals surface area contributed by atoms with Gasteiger partial charge in [0.15, 0.2) is 11.6 Å². The van der Waals surface area contributed by atoms with Crippen molar-refractivity contribution in [1.82, 2.24) is 9.21 Å². The molecule has 1 aromatic rings. The van der Waals surface area contributed by atoms with Crippen LogP contribution in [0.3, 0.4) is 0 Å². The van der Waals surface area contributed by atoms with Crippen molar-refractivity contribution in [2.75, 3.05) is 32.7 Å². The molecule has 1 aliphatic heterocycles. The van der Waals surface area contributed by atoms with Crippen molar-refractivity contribution in [2.45, 2.75) is 18.2 Å². The molecule has 1 heterocycles. The normalized spacial score (nSPS) is 18.4. The fourth-order valence-electron chi connectivity index (χ4n) is 2.30. The number of benzene rings is 1. The first-order valence-electron chi connectivity index (χ1n) is 6.62. The number of hydrogen-bond donors (Lipinski definition) is 0. The summed E-state index contributed by atoms with van der Waals surface area (Å²) in [5.41, 5.74) is 0. The minimum absolute atomic E-state index is 0.194. The second kappa shape index (κ2) is 6.15. The predicted octanol–water partition coefficient (Wildman–Crippen LogP) is 1.68. The van der Waals surface area contributed by atoms with E-state index < -0.39 is 21.7 Å². The molecule has 0 radical (unpaired) electrons. The highest BCUT2D eigenvalue weighted by molar-refractivity contribution is 7.89. The van der Waals surface area contributed by atoms with Crippen LogP contribution >= 0.6 is 0 Å². The van der Waals surface area contributed by atoms with Gasteiger partial charge in [-0.25, -0.2) is 17.2 Å². The Hall–Kier alpha value is -1.05. The van der Waals surface area contributed by atoms with E-state index in [1.807, 2.05) is 0 Å². The van der Waals surface area contributed by atoms with E-state index in [-0.39, 0.29) is 4.90 Å². The molecule has 1 aliphatic rings. The Morgan fingerprint density at radius 3 is 2.30 bits per heavy atom. The third-order valence-corrected chi connectivity index (χ3v) is 5.29. The number of nitrogens with zero attached hydrogens (tertiary/aromatic N) is 2. The highest BCUT2D eigenvalue weighted by Crippen LogP contribution is 2.19. The first kappa shape index (κ1) is 15.3. The summed E-state index contributed by atoms with van der Waals surface area (Å²) in [6.45, 7) is 5.10. The average molecular weight is 304 g/mol. The molecule has 0 saturated carbocycles. The molecule has 7 heteroatoms. The maximum atomic E-state index is 13.2. The summed E-state index contributed by atoms with van der Waals surface area (Å²) in [7, 11) is -3.74. The first-order chi connectivity index (χ1) is 9.45. The predicted molar refractivity (Wildman–Crippen MR) is 71.8 cm³/mol. The highest BCUT2D eigenvalue weighted by Gasteiger charge is 2.28. The van der Waals surface area contributed by atoms with Crippen molar-refractivity contribution in [1.29, 1.82) is 0 Å². The van der Waals surface area contributed by atoms with Gasteiger partial charge in [0, 0.05) is 26.2 Å². The Morgan fingerprint density at radius 2 is 1.75 bits per heavy atom. The second-order valence-corrected chi connectivity index (χ2v) is 6.76. The van der Waals surface area contributed by atoms with Crippen LogP contribution < -0.4 is 0 Å². The SMILES string of the molecule is CCCN1CCN(S(=O)(=O)c2ccc(F)c(F)c2)CC1. The Morgan fingerprint density at radius 1 is 1.10 bits per heavy atom. The van der Waals surface area contributed by atoms with Crippen LogP contribution in [0.1, 0.15) is 13.3 Å². The molecular weight excluding hydrogens is 286 g/mol. The topological polar surface area (TPSA) is 40.6 Å². The van der Waals surface area contributed by atoms with Crippen LogP contribution in [0, 0.1) is 11.6 Å². The Kier molecular flexibility index (Phi) is 4.72. The van der Waals surface area contributed by atoms with Gasteiger partial charge in [-0.1, -0.05) is 6.92 Å². The molecule has 0 unspecified atom stereocenters. The summed E-state index contributed by atoms with van der Waals surface area (Å²) in [6.07, 6.45) is 1.02. The van der Waals surface area contributed by atoms with Crippen molar-refractivity contribution >= 4 is 10.0 Å². The molecule has 0 bridgehead atoms. The Labute approximate surface area is 118 Å². The molecule has 1 saturated heterocycles. The lowest BCUT2D eigenvalue weighted by molar-refractivity contribution is 0.188. The van der Waals surface area contributed by atoms with Gasteiger partial charge >= 0.3 is 0 Å². The highest BCUT2D eigenvalue weighted by atomic mass is 32.2. The summed E-state index contributed by atoms with van der Waals surface area (Å²) in [4.78, 5) is 2.00. The Balaban J connectivity index is 2.13. The number of rotatable bonds is 4. The number of sulfonamides is 1. The maximum Gasteiger partial charge on any atom is 0.243 e. The van der Waals surface area contributed by atoms with Crippen molar-refractivity contribution < 1.29 is 17.2 Å². The van der Waals surface area contributed by atoms with E-state index in [4.69, 9.17) is 0 Å². The molecule has 0 aromatic heterocycles. The van der Waals surface area contributed by atoms with E-state index in [9.17, 15) is 17.2 Å². The lowest BCUT2D eigenvalue weighted by atomic mass is 10.3. The van der Waals surface area contributed by atoms with E-state index in [2.05, 4.69) is 11.8 Å². The molecule has 2 rings (SSSR count). The van der Waals surface area contributed by atoms with Crippen molar-refractivity contribution in [3.63, 3.8) is 0 Å². The molecule has 112 valence electrons. The maximum absolute atomic E-state index is 13.2. The molecule has 0 spiro atoms. The van der Waals surface area contributed by atoms with Crippen molar-refractivity contribution in [3.05, 3.63) is 29.8 Å². The van der Waals surface area contributed by atoms with Gasteiger partial charge in [0.2, 0.25) is 10.0 Å². The fourth-order valence-corrected chi connectivity index (χ4v) is 3.73. The van der Waals surface area contributed by atoms with Crippen LogP contribution in [0.5, 0.6) is 0 Å². The first-order valence-corrected chi connectivity index (χ1v) is 8.06. The summed E-state index contributed by atoms with van der Waals surface area (Å²) < 4.78 is 52.0. The van der Waals surface area contributed by atoms with Gasteiger partial charge in [0.1, 0.15) is 0 Å². The van der Waals surface area contributed by atoms with Crippen LogP contribution in [0.15, 0.2) is 23.1 Å². The van der Waals surface area contributed by atoms with E-state index in [1.165, 1.54) is 4.31 Å². The van der Waals surface area contributed by atoms with Gasteiger partial charge in [0.05, 0.1) is 4.90 Å². The lowest BCUT2D eigenvalue weighted by Crippen LogP contribution is -2.48. The number of halogens is 2. The molecule has 0 amide bonds. The van der Waals surface area contributed by atoms with Gasteiger partial charge in [-0.2, -0.15) is 4.31 Å². The summed E-state index contributed by atoms with van der Waals surface area (Å²) in [6, 6.07) is 2.69. The van der Waals surface area contributed by atoms with Crippen LogP contribution in [-0.4, -0.2) is 50.3 Å². The number of piperazine rings is 1. The summed E-state index contributed by atoms with van der Waals surface area (Å²) in [5, 5.41) is 0. The van der Waals surface area contributed by atoms with Crippen LogP contribution in [0.25, 0.3) is 0 Å². The van der Waals surface area contributed by atoms with E-state index in [0.29, 0.717) is 26.2 Å². The lowest BCUT2D eigenvalue weighted by Gasteiger charge is -2.33. The molecule has 1 fully saturated rings. The van der Waals surface area contributed by atoms with Crippen LogP contribution in [-0.2, 0) is 10.0 Å². The molecule has 1 aromatic carbocycles. The zero-order valence-electron chi connectivity index (χ0n) is 11.3. The minimum Gasteiger partial charge on any atom is -0.301 e. The molecular formula is C13H18F2N2O2S. The molecule has 0 aliphatic carbocycles. The van der Waals surface area contributed by atoms with Gasteiger partial charge < -0.3 is 4.90 Å². The average Bonchev–Trinajstić information content (AvgIpc) is 2.43. The number of hydrogen-bond acceptors (Lipinski definition) is 3. The zero-order valence-corrected chi connectivity index (χ0v) is 12.2. The smallest absolute Gasteiger partial charge is 0.243 e. The van der Waals surface area contributed by atoms with Crippen molar-refractivity contribution in [2.24, 2.45) is 0 Å². The second-order valence-electron chi connectivity index (χ2n) is 4.82.